The van der Waals surface area contributed by atoms with Crippen LogP contribution in [0.3, 0.4) is 0 Å². The Morgan fingerprint density at radius 1 is 1.35 bits per heavy atom. The van der Waals surface area contributed by atoms with Crippen molar-refractivity contribution in [3.8, 4) is 0 Å². The predicted molar refractivity (Wildman–Crippen MR) is 77.9 cm³/mol. The average Bonchev–Trinajstić information content (AvgIpc) is 2.85. The molecule has 3 rings (SSSR count). The first-order chi connectivity index (χ1) is 9.75. The fraction of sp³-hybridized carbons (Fsp3) is 0.500. The van der Waals surface area contributed by atoms with E-state index in [0.717, 1.165) is 49.9 Å². The largest absolute Gasteiger partial charge is 0.381 e. The van der Waals surface area contributed by atoms with Crippen molar-refractivity contribution in [3.05, 3.63) is 30.0 Å². The van der Waals surface area contributed by atoms with Crippen molar-refractivity contribution in [2.24, 2.45) is 5.92 Å². The number of hydrogen-bond donors (Lipinski definition) is 0. The van der Waals surface area contributed by atoms with E-state index in [1.165, 1.54) is 0 Å². The van der Waals surface area contributed by atoms with Crippen LogP contribution in [0.4, 0.5) is 0 Å². The number of carbonyl (C=O) groups excluding carboxylic acids is 1. The van der Waals surface area contributed by atoms with Gasteiger partial charge in [-0.05, 0) is 31.2 Å². The number of rotatable bonds is 4. The van der Waals surface area contributed by atoms with E-state index in [-0.39, 0.29) is 5.78 Å². The van der Waals surface area contributed by atoms with Gasteiger partial charge in [0.25, 0.3) is 0 Å². The number of ether oxygens (including phenoxy) is 1. The van der Waals surface area contributed by atoms with Gasteiger partial charge in [-0.15, -0.1) is 0 Å². The van der Waals surface area contributed by atoms with Crippen molar-refractivity contribution in [1.82, 2.24) is 9.78 Å². The molecule has 1 saturated heterocycles. The fourth-order valence-electron chi connectivity index (χ4n) is 2.90. The normalized spacial score (nSPS) is 16.6. The molecule has 2 heterocycles. The second-order valence-corrected chi connectivity index (χ2v) is 5.49. The van der Waals surface area contributed by atoms with Crippen molar-refractivity contribution in [2.75, 3.05) is 13.2 Å². The van der Waals surface area contributed by atoms with Crippen LogP contribution in [0.1, 0.15) is 36.7 Å². The topological polar surface area (TPSA) is 44.1 Å². The van der Waals surface area contributed by atoms with E-state index in [1.807, 2.05) is 28.9 Å². The van der Waals surface area contributed by atoms with Crippen molar-refractivity contribution in [1.29, 1.82) is 0 Å². The molecule has 1 aromatic carbocycles. The van der Waals surface area contributed by atoms with Gasteiger partial charge in [0.1, 0.15) is 5.69 Å². The summed E-state index contributed by atoms with van der Waals surface area (Å²) in [6.07, 6.45) is 3.38. The summed E-state index contributed by atoms with van der Waals surface area (Å²) in [6.45, 7) is 4.21. The van der Waals surface area contributed by atoms with Gasteiger partial charge in [0.2, 0.25) is 0 Å². The molecule has 1 aliphatic heterocycles. The number of aromatic nitrogens is 2. The van der Waals surface area contributed by atoms with E-state index in [2.05, 4.69) is 5.10 Å². The Labute approximate surface area is 118 Å². The SMILES string of the molecule is CC(=O)c1nn(CCC2CCOCC2)c2ccccc12. The van der Waals surface area contributed by atoms with Crippen LogP contribution >= 0.6 is 0 Å². The third kappa shape index (κ3) is 2.61. The van der Waals surface area contributed by atoms with E-state index in [9.17, 15) is 4.79 Å². The van der Waals surface area contributed by atoms with E-state index < -0.39 is 0 Å². The summed E-state index contributed by atoms with van der Waals surface area (Å²) < 4.78 is 7.38. The third-order valence-electron chi connectivity index (χ3n) is 4.08. The van der Waals surface area contributed by atoms with E-state index >= 15 is 0 Å². The van der Waals surface area contributed by atoms with Gasteiger partial charge in [0.05, 0.1) is 5.52 Å². The summed E-state index contributed by atoms with van der Waals surface area (Å²) in [7, 11) is 0. The monoisotopic (exact) mass is 272 g/mol. The predicted octanol–water partition coefficient (Wildman–Crippen LogP) is 3.06. The lowest BCUT2D eigenvalue weighted by molar-refractivity contribution is 0.0624. The van der Waals surface area contributed by atoms with Crippen LogP contribution in [-0.2, 0) is 11.3 Å². The van der Waals surface area contributed by atoms with Crippen LogP contribution in [0.5, 0.6) is 0 Å². The molecular weight excluding hydrogens is 252 g/mol. The Bertz CT molecular complexity index is 612. The number of fused-ring (bicyclic) bond motifs is 1. The van der Waals surface area contributed by atoms with Crippen LogP contribution in [0, 0.1) is 5.92 Å². The number of carbonyl (C=O) groups is 1. The summed E-state index contributed by atoms with van der Waals surface area (Å²) >= 11 is 0. The van der Waals surface area contributed by atoms with Crippen LogP contribution in [0.2, 0.25) is 0 Å². The van der Waals surface area contributed by atoms with Gasteiger partial charge in [-0.1, -0.05) is 18.2 Å². The molecule has 0 saturated carbocycles. The lowest BCUT2D eigenvalue weighted by Crippen LogP contribution is -2.17. The van der Waals surface area contributed by atoms with Gasteiger partial charge in [-0.3, -0.25) is 9.48 Å². The maximum absolute atomic E-state index is 11.7. The molecule has 0 radical (unpaired) electrons. The van der Waals surface area contributed by atoms with Crippen LogP contribution in [0.25, 0.3) is 10.9 Å². The number of hydrogen-bond acceptors (Lipinski definition) is 3. The smallest absolute Gasteiger partial charge is 0.180 e. The molecular formula is C16H20N2O2. The molecule has 20 heavy (non-hydrogen) atoms. The fourth-order valence-corrected chi connectivity index (χ4v) is 2.90. The molecule has 0 unspecified atom stereocenters. The van der Waals surface area contributed by atoms with Crippen LogP contribution in [0.15, 0.2) is 24.3 Å². The molecule has 1 aliphatic rings. The van der Waals surface area contributed by atoms with Crippen molar-refractivity contribution in [2.45, 2.75) is 32.7 Å². The lowest BCUT2D eigenvalue weighted by atomic mass is 9.97. The van der Waals surface area contributed by atoms with E-state index in [4.69, 9.17) is 4.74 Å². The molecule has 0 atom stereocenters. The Kier molecular flexibility index (Phi) is 3.83. The highest BCUT2D eigenvalue weighted by atomic mass is 16.5. The first kappa shape index (κ1) is 13.3. The molecule has 106 valence electrons. The zero-order chi connectivity index (χ0) is 13.9. The second kappa shape index (κ2) is 5.75. The van der Waals surface area contributed by atoms with Gasteiger partial charge in [-0.2, -0.15) is 5.10 Å². The Hall–Kier alpha value is -1.68. The van der Waals surface area contributed by atoms with Crippen molar-refractivity contribution < 1.29 is 9.53 Å². The Morgan fingerprint density at radius 2 is 2.10 bits per heavy atom. The zero-order valence-corrected chi connectivity index (χ0v) is 11.8. The van der Waals surface area contributed by atoms with Crippen molar-refractivity contribution >= 4 is 16.7 Å². The molecule has 4 nitrogen and oxygen atoms in total. The summed E-state index contributed by atoms with van der Waals surface area (Å²) in [5.41, 5.74) is 1.65. The standard InChI is InChI=1S/C16H20N2O2/c1-12(19)16-14-4-2-3-5-15(14)18(17-16)9-6-13-7-10-20-11-8-13/h2-5,13H,6-11H2,1H3. The number of benzene rings is 1. The molecule has 2 aromatic rings. The maximum Gasteiger partial charge on any atom is 0.180 e. The number of Topliss-reactive ketones (excluding diaryl/α,β-unsaturated/α-hetero) is 1. The highest BCUT2D eigenvalue weighted by Crippen LogP contribution is 2.22. The number of nitrogens with zero attached hydrogens (tertiary/aromatic N) is 2. The molecule has 1 fully saturated rings. The van der Waals surface area contributed by atoms with E-state index in [1.54, 1.807) is 6.92 Å². The number of ketones is 1. The van der Waals surface area contributed by atoms with Crippen molar-refractivity contribution in [3.63, 3.8) is 0 Å². The van der Waals surface area contributed by atoms with Crippen LogP contribution < -0.4 is 0 Å². The van der Waals surface area contributed by atoms with Gasteiger partial charge in [0, 0.05) is 32.1 Å². The maximum atomic E-state index is 11.7. The summed E-state index contributed by atoms with van der Waals surface area (Å²) in [4.78, 5) is 11.7. The van der Waals surface area contributed by atoms with Gasteiger partial charge in [-0.25, -0.2) is 0 Å². The lowest BCUT2D eigenvalue weighted by Gasteiger charge is -2.21. The first-order valence-electron chi connectivity index (χ1n) is 7.30. The molecule has 1 aromatic heterocycles. The third-order valence-corrected chi connectivity index (χ3v) is 4.08. The average molecular weight is 272 g/mol. The molecule has 4 heteroatoms. The molecule has 0 amide bonds. The summed E-state index contributed by atoms with van der Waals surface area (Å²) in [5, 5.41) is 5.47. The quantitative estimate of drug-likeness (QED) is 0.803. The second-order valence-electron chi connectivity index (χ2n) is 5.49. The summed E-state index contributed by atoms with van der Waals surface area (Å²) in [6, 6.07) is 7.97. The number of aryl methyl sites for hydroxylation is 1. The minimum absolute atomic E-state index is 0.0333. The Balaban J connectivity index is 1.82. The van der Waals surface area contributed by atoms with Crippen LogP contribution in [-0.4, -0.2) is 28.8 Å². The summed E-state index contributed by atoms with van der Waals surface area (Å²) in [5.74, 6) is 0.749. The molecule has 0 N–H and O–H groups in total. The minimum Gasteiger partial charge on any atom is -0.381 e. The highest BCUT2D eigenvalue weighted by molar-refractivity contribution is 6.04. The Morgan fingerprint density at radius 3 is 2.85 bits per heavy atom. The minimum atomic E-state index is 0.0333. The highest BCUT2D eigenvalue weighted by Gasteiger charge is 2.16. The molecule has 0 aliphatic carbocycles. The molecule has 0 spiro atoms. The van der Waals surface area contributed by atoms with Gasteiger partial charge >= 0.3 is 0 Å². The first-order valence-corrected chi connectivity index (χ1v) is 7.30. The van der Waals surface area contributed by atoms with Gasteiger partial charge in [0.15, 0.2) is 5.78 Å². The van der Waals surface area contributed by atoms with Gasteiger partial charge < -0.3 is 4.74 Å². The zero-order valence-electron chi connectivity index (χ0n) is 11.8. The van der Waals surface area contributed by atoms with E-state index in [0.29, 0.717) is 11.6 Å². The number of para-hydroxylation sites is 1. The molecule has 0 bridgehead atoms.